The van der Waals surface area contributed by atoms with Gasteiger partial charge in [0.05, 0.1) is 17.4 Å². The Hall–Kier alpha value is -1.19. The topological polar surface area (TPSA) is 104 Å². The average molecular weight is 374 g/mol. The van der Waals surface area contributed by atoms with Crippen LogP contribution in [0.5, 0.6) is 0 Å². The van der Waals surface area contributed by atoms with Crippen molar-refractivity contribution in [3.8, 4) is 0 Å². The van der Waals surface area contributed by atoms with Gasteiger partial charge < -0.3 is 10.2 Å². The van der Waals surface area contributed by atoms with E-state index in [0.29, 0.717) is 5.92 Å². The first-order valence-electron chi connectivity index (χ1n) is 8.09. The van der Waals surface area contributed by atoms with Gasteiger partial charge in [-0.2, -0.15) is 8.75 Å². The highest BCUT2D eigenvalue weighted by atomic mass is 32.2. The quantitative estimate of drug-likeness (QED) is 0.612. The Balaban J connectivity index is 0.000000301. The molecule has 0 aromatic carbocycles. The first-order valence-corrected chi connectivity index (χ1v) is 9.81. The molecule has 4 atom stereocenters. The Morgan fingerprint density at radius 3 is 2.54 bits per heavy atom. The van der Waals surface area contributed by atoms with Gasteiger partial charge in [0.25, 0.3) is 0 Å². The van der Waals surface area contributed by atoms with Crippen molar-refractivity contribution in [2.45, 2.75) is 50.1 Å². The van der Waals surface area contributed by atoms with Gasteiger partial charge in [0.15, 0.2) is 0 Å². The Labute approximate surface area is 149 Å². The molecular weight excluding hydrogens is 350 g/mol. The monoisotopic (exact) mass is 373 g/mol. The van der Waals surface area contributed by atoms with E-state index < -0.39 is 11.9 Å². The van der Waals surface area contributed by atoms with Crippen molar-refractivity contribution < 1.29 is 19.8 Å². The van der Waals surface area contributed by atoms with E-state index in [1.807, 2.05) is 11.8 Å². The molecule has 0 spiro atoms. The van der Waals surface area contributed by atoms with E-state index in [9.17, 15) is 0 Å². The standard InChI is InChI=1S/C13H21N3S2.C2H2O4/c1-3-6-17-13-12(14-18-15-13)11-8-16-7-10(11)5-4-9(16)2;3-1(4)2(5)6/h9-11H,3-8H2,1-2H3;(H,3,4)(H,5,6). The van der Waals surface area contributed by atoms with Gasteiger partial charge in [0.1, 0.15) is 5.03 Å². The summed E-state index contributed by atoms with van der Waals surface area (Å²) in [5, 5.41) is 16.0. The number of piperidine rings is 1. The lowest BCUT2D eigenvalue weighted by Crippen LogP contribution is -2.34. The van der Waals surface area contributed by atoms with Crippen LogP contribution in [-0.2, 0) is 9.59 Å². The van der Waals surface area contributed by atoms with Crippen LogP contribution in [0.4, 0.5) is 0 Å². The highest BCUT2D eigenvalue weighted by Crippen LogP contribution is 2.42. The maximum absolute atomic E-state index is 9.10. The number of fused-ring (bicyclic) bond motifs is 2. The van der Waals surface area contributed by atoms with Gasteiger partial charge in [0, 0.05) is 25.0 Å². The van der Waals surface area contributed by atoms with Crippen molar-refractivity contribution >= 4 is 35.4 Å². The fourth-order valence-electron chi connectivity index (χ4n) is 3.22. The van der Waals surface area contributed by atoms with Crippen LogP contribution in [0.25, 0.3) is 0 Å². The lowest BCUT2D eigenvalue weighted by atomic mass is 9.88. The molecular formula is C15H23N3O4S2. The molecule has 7 nitrogen and oxygen atoms in total. The van der Waals surface area contributed by atoms with Gasteiger partial charge in [-0.05, 0) is 37.9 Å². The van der Waals surface area contributed by atoms with Gasteiger partial charge in [0.2, 0.25) is 0 Å². The SMILES string of the molecule is CCCSc1nsnc1C1CN2CC1CCC2C.O=C(O)C(=O)O. The molecule has 2 bridgehead atoms. The number of hydrogen-bond acceptors (Lipinski definition) is 7. The van der Waals surface area contributed by atoms with Crippen molar-refractivity contribution in [3.63, 3.8) is 0 Å². The zero-order valence-electron chi connectivity index (χ0n) is 13.8. The summed E-state index contributed by atoms with van der Waals surface area (Å²) in [6, 6.07) is 0.768. The van der Waals surface area contributed by atoms with Crippen LogP contribution in [-0.4, -0.2) is 60.7 Å². The van der Waals surface area contributed by atoms with E-state index in [-0.39, 0.29) is 0 Å². The predicted octanol–water partition coefficient (Wildman–Crippen LogP) is 2.39. The Kier molecular flexibility index (Phi) is 7.00. The summed E-state index contributed by atoms with van der Waals surface area (Å²) >= 11 is 3.29. The Morgan fingerprint density at radius 1 is 1.25 bits per heavy atom. The molecule has 0 amide bonds. The number of thioether (sulfide) groups is 1. The smallest absolute Gasteiger partial charge is 0.414 e. The average Bonchev–Trinajstić information content (AvgIpc) is 3.14. The molecule has 0 saturated carbocycles. The predicted molar refractivity (Wildman–Crippen MR) is 92.7 cm³/mol. The van der Waals surface area contributed by atoms with Crippen LogP contribution in [0.2, 0.25) is 0 Å². The molecule has 3 heterocycles. The lowest BCUT2D eigenvalue weighted by Gasteiger charge is -2.28. The summed E-state index contributed by atoms with van der Waals surface area (Å²) in [6.07, 6.45) is 3.94. The minimum Gasteiger partial charge on any atom is -0.473 e. The van der Waals surface area contributed by atoms with Gasteiger partial charge >= 0.3 is 11.9 Å². The Morgan fingerprint density at radius 2 is 1.96 bits per heavy atom. The van der Waals surface area contributed by atoms with Crippen LogP contribution in [0.3, 0.4) is 0 Å². The number of carboxylic acid groups (broad SMARTS) is 2. The number of aliphatic carboxylic acids is 2. The number of nitrogens with zero attached hydrogens (tertiary/aromatic N) is 3. The number of hydrogen-bond donors (Lipinski definition) is 2. The third-order valence-corrected chi connectivity index (χ3v) is 6.35. The fraction of sp³-hybridized carbons (Fsp3) is 0.733. The largest absolute Gasteiger partial charge is 0.473 e. The van der Waals surface area contributed by atoms with E-state index in [0.717, 1.165) is 17.7 Å². The minimum absolute atomic E-state index is 0.646. The maximum atomic E-state index is 9.10. The summed E-state index contributed by atoms with van der Waals surface area (Å²) < 4.78 is 9.13. The molecule has 9 heteroatoms. The van der Waals surface area contributed by atoms with E-state index in [4.69, 9.17) is 19.8 Å². The molecule has 4 unspecified atom stereocenters. The minimum atomic E-state index is -1.82. The molecule has 1 aromatic heterocycles. The van der Waals surface area contributed by atoms with Crippen LogP contribution in [0, 0.1) is 5.92 Å². The summed E-state index contributed by atoms with van der Waals surface area (Å²) in [6.45, 7) is 7.07. The van der Waals surface area contributed by atoms with Gasteiger partial charge in [-0.1, -0.05) is 6.92 Å². The van der Waals surface area contributed by atoms with Crippen molar-refractivity contribution in [2.24, 2.45) is 5.92 Å². The molecule has 3 rings (SSSR count). The van der Waals surface area contributed by atoms with E-state index in [2.05, 4.69) is 27.5 Å². The van der Waals surface area contributed by atoms with Crippen LogP contribution >= 0.6 is 23.5 Å². The number of aromatic nitrogens is 2. The lowest BCUT2D eigenvalue weighted by molar-refractivity contribution is -0.159. The van der Waals surface area contributed by atoms with Crippen molar-refractivity contribution in [2.75, 3.05) is 18.8 Å². The fourth-order valence-corrected chi connectivity index (χ4v) is 4.85. The van der Waals surface area contributed by atoms with E-state index in [1.165, 1.54) is 54.8 Å². The third kappa shape index (κ3) is 4.67. The van der Waals surface area contributed by atoms with Crippen molar-refractivity contribution in [1.29, 1.82) is 0 Å². The summed E-state index contributed by atoms with van der Waals surface area (Å²) in [7, 11) is 0. The third-order valence-electron chi connectivity index (χ3n) is 4.51. The second kappa shape index (κ2) is 8.77. The number of carbonyl (C=O) groups is 2. The molecule has 2 aliphatic heterocycles. The molecule has 0 radical (unpaired) electrons. The number of carboxylic acids is 2. The molecule has 2 fully saturated rings. The zero-order chi connectivity index (χ0) is 17.7. The van der Waals surface area contributed by atoms with E-state index >= 15 is 0 Å². The van der Waals surface area contributed by atoms with Crippen molar-refractivity contribution in [1.82, 2.24) is 13.6 Å². The van der Waals surface area contributed by atoms with Crippen LogP contribution in [0.1, 0.15) is 44.7 Å². The molecule has 2 N–H and O–H groups in total. The normalized spacial score (nSPS) is 28.1. The highest BCUT2D eigenvalue weighted by Gasteiger charge is 2.41. The summed E-state index contributed by atoms with van der Waals surface area (Å²) in [5.74, 6) is -1.01. The number of rotatable bonds is 4. The molecule has 2 aliphatic rings. The molecule has 134 valence electrons. The zero-order valence-corrected chi connectivity index (χ0v) is 15.5. The highest BCUT2D eigenvalue weighted by molar-refractivity contribution is 7.99. The van der Waals surface area contributed by atoms with Crippen LogP contribution < -0.4 is 0 Å². The van der Waals surface area contributed by atoms with E-state index in [1.54, 1.807) is 0 Å². The second-order valence-electron chi connectivity index (χ2n) is 6.16. The summed E-state index contributed by atoms with van der Waals surface area (Å²) in [5.41, 5.74) is 1.31. The second-order valence-corrected chi connectivity index (χ2v) is 7.77. The van der Waals surface area contributed by atoms with Gasteiger partial charge in [-0.25, -0.2) is 9.59 Å². The molecule has 2 saturated heterocycles. The molecule has 24 heavy (non-hydrogen) atoms. The molecule has 0 aliphatic carbocycles. The first kappa shape index (κ1) is 19.1. The summed E-state index contributed by atoms with van der Waals surface area (Å²) in [4.78, 5) is 20.8. The Bertz CT molecular complexity index is 569. The molecule has 1 aromatic rings. The van der Waals surface area contributed by atoms with Gasteiger partial charge in [-0.3, -0.25) is 4.90 Å². The maximum Gasteiger partial charge on any atom is 0.414 e. The first-order chi connectivity index (χ1) is 11.4. The van der Waals surface area contributed by atoms with Crippen molar-refractivity contribution in [3.05, 3.63) is 5.69 Å². The van der Waals surface area contributed by atoms with Crippen LogP contribution in [0.15, 0.2) is 5.03 Å². The van der Waals surface area contributed by atoms with Gasteiger partial charge in [-0.15, -0.1) is 11.8 Å².